The van der Waals surface area contributed by atoms with Crippen LogP contribution in [0.5, 0.6) is 0 Å². The molecule has 0 aromatic carbocycles. The van der Waals surface area contributed by atoms with Gasteiger partial charge in [-0.15, -0.1) is 0 Å². The molecule has 1 fully saturated rings. The van der Waals surface area contributed by atoms with Crippen molar-refractivity contribution in [1.82, 2.24) is 9.03 Å². The monoisotopic (exact) mass is 294 g/mol. The van der Waals surface area contributed by atoms with Crippen molar-refractivity contribution in [3.05, 3.63) is 0 Å². The van der Waals surface area contributed by atoms with E-state index in [1.54, 1.807) is 13.8 Å². The van der Waals surface area contributed by atoms with E-state index >= 15 is 0 Å². The molecule has 7 nitrogen and oxygen atoms in total. The Morgan fingerprint density at radius 1 is 1.21 bits per heavy atom. The van der Waals surface area contributed by atoms with Gasteiger partial charge in [0.25, 0.3) is 10.2 Å². The van der Waals surface area contributed by atoms with Crippen LogP contribution in [0.4, 0.5) is 0 Å². The van der Waals surface area contributed by atoms with E-state index in [0.29, 0.717) is 13.2 Å². The minimum Gasteiger partial charge on any atom is -0.481 e. The number of nitrogens with one attached hydrogen (secondary N) is 1. The number of rotatable bonds is 5. The summed E-state index contributed by atoms with van der Waals surface area (Å²) in [6.45, 7) is 7.39. The van der Waals surface area contributed by atoms with Crippen LogP contribution in [-0.4, -0.2) is 55.6 Å². The lowest BCUT2D eigenvalue weighted by Gasteiger charge is -2.40. The van der Waals surface area contributed by atoms with Crippen molar-refractivity contribution < 1.29 is 23.1 Å². The summed E-state index contributed by atoms with van der Waals surface area (Å²) in [5.41, 5.74) is -2.34. The van der Waals surface area contributed by atoms with E-state index in [-0.39, 0.29) is 13.1 Å². The van der Waals surface area contributed by atoms with Crippen LogP contribution in [-0.2, 0) is 19.7 Å². The van der Waals surface area contributed by atoms with Gasteiger partial charge in [-0.3, -0.25) is 4.79 Å². The third-order valence-electron chi connectivity index (χ3n) is 3.79. The second kappa shape index (κ2) is 5.35. The predicted octanol–water partition coefficient (Wildman–Crippen LogP) is 0.0424. The summed E-state index contributed by atoms with van der Waals surface area (Å²) < 4.78 is 33.3. The van der Waals surface area contributed by atoms with Gasteiger partial charge in [0.1, 0.15) is 0 Å². The van der Waals surface area contributed by atoms with E-state index in [1.165, 1.54) is 18.2 Å². The van der Waals surface area contributed by atoms with Crippen LogP contribution in [0.25, 0.3) is 0 Å². The van der Waals surface area contributed by atoms with Crippen LogP contribution in [0.2, 0.25) is 0 Å². The molecule has 0 aromatic rings. The number of hydrogen-bond acceptors (Lipinski definition) is 4. The molecule has 0 radical (unpaired) electrons. The predicted molar refractivity (Wildman–Crippen MR) is 69.9 cm³/mol. The van der Waals surface area contributed by atoms with Crippen LogP contribution < -0.4 is 4.72 Å². The normalized spacial score (nSPS) is 19.4. The van der Waals surface area contributed by atoms with E-state index < -0.39 is 27.1 Å². The van der Waals surface area contributed by atoms with E-state index in [9.17, 15) is 18.3 Å². The topological polar surface area (TPSA) is 95.9 Å². The largest absolute Gasteiger partial charge is 0.481 e. The average Bonchev–Trinajstić information content (AvgIpc) is 2.28. The Hall–Kier alpha value is -0.700. The molecule has 0 aromatic heterocycles. The van der Waals surface area contributed by atoms with Crippen molar-refractivity contribution in [2.45, 2.75) is 33.2 Å². The Bertz CT molecular complexity index is 438. The molecule has 8 heteroatoms. The van der Waals surface area contributed by atoms with Crippen molar-refractivity contribution in [1.29, 1.82) is 0 Å². The Kier molecular flexibility index (Phi) is 4.61. The van der Waals surface area contributed by atoms with Crippen molar-refractivity contribution >= 4 is 16.2 Å². The van der Waals surface area contributed by atoms with Crippen molar-refractivity contribution in [2.75, 3.05) is 26.3 Å². The minimum absolute atomic E-state index is 0.277. The third-order valence-corrected chi connectivity index (χ3v) is 5.60. The SMILES string of the molecule is CC(C)(NS(=O)(=O)N1CCOCC1)C(C)(C)C(=O)O. The van der Waals surface area contributed by atoms with Crippen molar-refractivity contribution in [3.8, 4) is 0 Å². The molecule has 112 valence electrons. The number of hydrogen-bond donors (Lipinski definition) is 2. The van der Waals surface area contributed by atoms with Gasteiger partial charge in [0.2, 0.25) is 0 Å². The molecule has 0 saturated carbocycles. The summed E-state index contributed by atoms with van der Waals surface area (Å²) in [7, 11) is -3.72. The van der Waals surface area contributed by atoms with Crippen LogP contribution in [0, 0.1) is 5.41 Å². The summed E-state index contributed by atoms with van der Waals surface area (Å²) in [6.07, 6.45) is 0. The zero-order valence-corrected chi connectivity index (χ0v) is 12.6. The fourth-order valence-corrected chi connectivity index (χ4v) is 3.23. The first-order valence-corrected chi connectivity index (χ1v) is 7.55. The maximum absolute atomic E-state index is 12.2. The van der Waals surface area contributed by atoms with Crippen LogP contribution in [0.1, 0.15) is 27.7 Å². The summed E-state index contributed by atoms with van der Waals surface area (Å²) in [4.78, 5) is 11.3. The molecule has 1 aliphatic heterocycles. The first-order chi connectivity index (χ1) is 8.51. The van der Waals surface area contributed by atoms with Gasteiger partial charge in [-0.05, 0) is 27.7 Å². The molecule has 1 rings (SSSR count). The summed E-state index contributed by atoms with van der Waals surface area (Å²) >= 11 is 0. The Morgan fingerprint density at radius 2 is 1.68 bits per heavy atom. The Balaban J connectivity index is 2.90. The molecule has 0 spiro atoms. The van der Waals surface area contributed by atoms with Crippen molar-refractivity contribution in [2.24, 2.45) is 5.41 Å². The zero-order chi connectivity index (χ0) is 14.9. The molecule has 1 saturated heterocycles. The molecule has 19 heavy (non-hydrogen) atoms. The van der Waals surface area contributed by atoms with Crippen LogP contribution in [0.3, 0.4) is 0 Å². The van der Waals surface area contributed by atoms with Gasteiger partial charge < -0.3 is 9.84 Å². The molecule has 0 atom stereocenters. The lowest BCUT2D eigenvalue weighted by molar-refractivity contribution is -0.150. The first-order valence-electron chi connectivity index (χ1n) is 6.11. The number of aliphatic carboxylic acids is 1. The molecular weight excluding hydrogens is 272 g/mol. The summed E-state index contributed by atoms with van der Waals surface area (Å²) in [5.74, 6) is -1.05. The number of ether oxygens (including phenoxy) is 1. The molecule has 0 aliphatic carbocycles. The number of carbonyl (C=O) groups is 1. The maximum atomic E-state index is 12.2. The highest BCUT2D eigenvalue weighted by molar-refractivity contribution is 7.87. The third kappa shape index (κ3) is 3.44. The summed E-state index contributed by atoms with van der Waals surface area (Å²) in [5, 5.41) is 9.22. The summed E-state index contributed by atoms with van der Waals surface area (Å²) in [6, 6.07) is 0. The molecule has 1 heterocycles. The molecule has 0 amide bonds. The second-order valence-corrected chi connectivity index (χ2v) is 7.34. The quantitative estimate of drug-likeness (QED) is 0.746. The van der Waals surface area contributed by atoms with Gasteiger partial charge in [-0.2, -0.15) is 17.4 Å². The van der Waals surface area contributed by atoms with Crippen LogP contribution in [0.15, 0.2) is 0 Å². The van der Waals surface area contributed by atoms with Gasteiger partial charge >= 0.3 is 5.97 Å². The fraction of sp³-hybridized carbons (Fsp3) is 0.909. The number of nitrogens with zero attached hydrogens (tertiary/aromatic N) is 1. The van der Waals surface area contributed by atoms with Gasteiger partial charge in [-0.1, -0.05) is 0 Å². The molecule has 0 unspecified atom stereocenters. The molecule has 1 aliphatic rings. The Labute approximate surface area is 114 Å². The maximum Gasteiger partial charge on any atom is 0.310 e. The van der Waals surface area contributed by atoms with Gasteiger partial charge in [-0.25, -0.2) is 0 Å². The van der Waals surface area contributed by atoms with Gasteiger partial charge in [0.05, 0.1) is 18.6 Å². The van der Waals surface area contributed by atoms with E-state index in [0.717, 1.165) is 0 Å². The number of carboxylic acids is 1. The fourth-order valence-electron chi connectivity index (χ4n) is 1.57. The highest BCUT2D eigenvalue weighted by Gasteiger charge is 2.46. The van der Waals surface area contributed by atoms with Gasteiger partial charge in [0, 0.05) is 18.6 Å². The van der Waals surface area contributed by atoms with E-state index in [4.69, 9.17) is 4.74 Å². The highest BCUT2D eigenvalue weighted by Crippen LogP contribution is 2.31. The first kappa shape index (κ1) is 16.4. The van der Waals surface area contributed by atoms with Crippen molar-refractivity contribution in [3.63, 3.8) is 0 Å². The molecular formula is C11H22N2O5S. The van der Waals surface area contributed by atoms with E-state index in [1.807, 2.05) is 0 Å². The Morgan fingerprint density at radius 3 is 2.11 bits per heavy atom. The standard InChI is InChI=1S/C11H22N2O5S/c1-10(2,9(14)15)11(3,4)12-19(16,17)13-5-7-18-8-6-13/h12H,5-8H2,1-4H3,(H,14,15). The molecule has 0 bridgehead atoms. The average molecular weight is 294 g/mol. The zero-order valence-electron chi connectivity index (χ0n) is 11.8. The smallest absolute Gasteiger partial charge is 0.310 e. The minimum atomic E-state index is -3.72. The number of carboxylic acid groups (broad SMARTS) is 1. The van der Waals surface area contributed by atoms with Gasteiger partial charge in [0.15, 0.2) is 0 Å². The van der Waals surface area contributed by atoms with Crippen LogP contribution >= 0.6 is 0 Å². The highest BCUT2D eigenvalue weighted by atomic mass is 32.2. The van der Waals surface area contributed by atoms with E-state index in [2.05, 4.69) is 4.72 Å². The molecule has 2 N–H and O–H groups in total. The second-order valence-electron chi connectivity index (χ2n) is 5.67. The lowest BCUT2D eigenvalue weighted by atomic mass is 9.75. The lowest BCUT2D eigenvalue weighted by Crippen LogP contribution is -2.60. The number of morpholine rings is 1.